The Morgan fingerprint density at radius 1 is 1.39 bits per heavy atom. The van der Waals surface area contributed by atoms with Gasteiger partial charge >= 0.3 is 0 Å². The van der Waals surface area contributed by atoms with Gasteiger partial charge in [-0.05, 0) is 13.3 Å². The Bertz CT molecular complexity index is 523. The molecule has 96 valence electrons. The lowest BCUT2D eigenvalue weighted by Crippen LogP contribution is -2.05. The van der Waals surface area contributed by atoms with Gasteiger partial charge in [-0.3, -0.25) is 4.68 Å². The molecule has 0 aromatic carbocycles. The molecule has 6 nitrogen and oxygen atoms in total. The first kappa shape index (κ1) is 12.3. The van der Waals surface area contributed by atoms with E-state index in [0.29, 0.717) is 11.6 Å². The van der Waals surface area contributed by atoms with Crippen LogP contribution in [0.5, 0.6) is 11.6 Å². The van der Waals surface area contributed by atoms with Crippen molar-refractivity contribution < 1.29 is 4.74 Å². The maximum absolute atomic E-state index is 5.68. The van der Waals surface area contributed by atoms with Crippen LogP contribution < -0.4 is 10.1 Å². The van der Waals surface area contributed by atoms with Crippen molar-refractivity contribution in [3.63, 3.8) is 0 Å². The second-order valence-corrected chi connectivity index (χ2v) is 4.03. The molecule has 0 saturated carbocycles. The summed E-state index contributed by atoms with van der Waals surface area (Å²) in [5.74, 6) is 2.03. The summed E-state index contributed by atoms with van der Waals surface area (Å²) in [6, 6.07) is 0. The highest BCUT2D eigenvalue weighted by molar-refractivity contribution is 5.48. The molecule has 0 amide bonds. The Morgan fingerprint density at radius 2 is 2.22 bits per heavy atom. The van der Waals surface area contributed by atoms with E-state index in [9.17, 15) is 0 Å². The molecule has 18 heavy (non-hydrogen) atoms. The molecule has 0 aliphatic carbocycles. The van der Waals surface area contributed by atoms with Crippen molar-refractivity contribution >= 4 is 5.82 Å². The number of anilines is 1. The third-order valence-corrected chi connectivity index (χ3v) is 2.48. The number of rotatable bonds is 5. The van der Waals surface area contributed by atoms with E-state index in [1.54, 1.807) is 17.1 Å². The molecule has 0 radical (unpaired) electrons. The van der Waals surface area contributed by atoms with Crippen molar-refractivity contribution in [2.24, 2.45) is 7.05 Å². The van der Waals surface area contributed by atoms with Crippen molar-refractivity contribution in [2.45, 2.75) is 20.3 Å². The Kier molecular flexibility index (Phi) is 3.76. The topological polar surface area (TPSA) is 64.9 Å². The number of aryl methyl sites for hydroxylation is 1. The molecule has 2 aromatic rings. The predicted octanol–water partition coefficient (Wildman–Crippen LogP) is 2.13. The molecule has 0 saturated heterocycles. The van der Waals surface area contributed by atoms with Crippen LogP contribution in [0.2, 0.25) is 0 Å². The third-order valence-electron chi connectivity index (χ3n) is 2.48. The highest BCUT2D eigenvalue weighted by Crippen LogP contribution is 2.25. The molecule has 6 heteroatoms. The quantitative estimate of drug-likeness (QED) is 0.876. The van der Waals surface area contributed by atoms with Crippen molar-refractivity contribution in [3.05, 3.63) is 24.3 Å². The summed E-state index contributed by atoms with van der Waals surface area (Å²) >= 11 is 0. The lowest BCUT2D eigenvalue weighted by molar-refractivity contribution is 0.457. The minimum Gasteiger partial charge on any atom is -0.435 e. The van der Waals surface area contributed by atoms with Gasteiger partial charge in [0.05, 0.1) is 18.0 Å². The first-order valence-electron chi connectivity index (χ1n) is 5.92. The van der Waals surface area contributed by atoms with Crippen LogP contribution in [0.1, 0.15) is 18.9 Å². The third kappa shape index (κ3) is 2.77. The smallest absolute Gasteiger partial charge is 0.227 e. The van der Waals surface area contributed by atoms with Gasteiger partial charge < -0.3 is 10.1 Å². The number of aromatic nitrogens is 4. The Hall–Kier alpha value is -2.11. The van der Waals surface area contributed by atoms with Crippen molar-refractivity contribution in [3.8, 4) is 11.6 Å². The minimum atomic E-state index is 0.552. The van der Waals surface area contributed by atoms with Crippen LogP contribution in [0.25, 0.3) is 0 Å². The SMILES string of the molecule is CCCNc1ncnc(Oc2cnn(C)c2)c1C. The summed E-state index contributed by atoms with van der Waals surface area (Å²) in [4.78, 5) is 8.34. The fraction of sp³-hybridized carbons (Fsp3) is 0.417. The molecule has 0 fully saturated rings. The molecular formula is C12H17N5O. The summed E-state index contributed by atoms with van der Waals surface area (Å²) < 4.78 is 7.36. The van der Waals surface area contributed by atoms with E-state index in [2.05, 4.69) is 27.3 Å². The van der Waals surface area contributed by atoms with E-state index in [-0.39, 0.29) is 0 Å². The van der Waals surface area contributed by atoms with Gasteiger partial charge in [-0.15, -0.1) is 0 Å². The van der Waals surface area contributed by atoms with Crippen molar-refractivity contribution in [1.29, 1.82) is 0 Å². The molecular weight excluding hydrogens is 230 g/mol. The van der Waals surface area contributed by atoms with E-state index in [1.165, 1.54) is 6.33 Å². The average Bonchev–Trinajstić information content (AvgIpc) is 2.76. The normalized spacial score (nSPS) is 10.4. The van der Waals surface area contributed by atoms with Gasteiger partial charge in [-0.1, -0.05) is 6.92 Å². The largest absolute Gasteiger partial charge is 0.435 e. The average molecular weight is 247 g/mol. The van der Waals surface area contributed by atoms with Crippen LogP contribution in [0.15, 0.2) is 18.7 Å². The first-order chi connectivity index (χ1) is 8.70. The molecule has 2 rings (SSSR count). The van der Waals surface area contributed by atoms with Gasteiger partial charge in [0.15, 0.2) is 5.75 Å². The Morgan fingerprint density at radius 3 is 2.89 bits per heavy atom. The molecule has 0 aliphatic rings. The zero-order valence-electron chi connectivity index (χ0n) is 10.8. The Balaban J connectivity index is 2.17. The molecule has 0 atom stereocenters. The lowest BCUT2D eigenvalue weighted by Gasteiger charge is -2.10. The summed E-state index contributed by atoms with van der Waals surface area (Å²) in [7, 11) is 1.84. The summed E-state index contributed by atoms with van der Waals surface area (Å²) in [6.07, 6.45) is 5.99. The van der Waals surface area contributed by atoms with Crippen LogP contribution in [-0.2, 0) is 7.05 Å². The zero-order valence-corrected chi connectivity index (χ0v) is 10.8. The fourth-order valence-corrected chi connectivity index (χ4v) is 1.52. The van der Waals surface area contributed by atoms with E-state index in [0.717, 1.165) is 24.3 Å². The summed E-state index contributed by atoms with van der Waals surface area (Å²) in [6.45, 7) is 4.92. The van der Waals surface area contributed by atoms with Crippen molar-refractivity contribution in [1.82, 2.24) is 19.7 Å². The summed E-state index contributed by atoms with van der Waals surface area (Å²) in [5.41, 5.74) is 0.898. The highest BCUT2D eigenvalue weighted by atomic mass is 16.5. The van der Waals surface area contributed by atoms with Crippen LogP contribution in [0.3, 0.4) is 0 Å². The monoisotopic (exact) mass is 247 g/mol. The zero-order chi connectivity index (χ0) is 13.0. The van der Waals surface area contributed by atoms with Crippen LogP contribution in [-0.4, -0.2) is 26.3 Å². The van der Waals surface area contributed by atoms with Crippen LogP contribution >= 0.6 is 0 Å². The molecule has 1 N–H and O–H groups in total. The number of nitrogens with zero attached hydrogens (tertiary/aromatic N) is 4. The van der Waals surface area contributed by atoms with E-state index < -0.39 is 0 Å². The van der Waals surface area contributed by atoms with Gasteiger partial charge in [0, 0.05) is 13.6 Å². The van der Waals surface area contributed by atoms with Gasteiger partial charge in [-0.2, -0.15) is 5.10 Å². The first-order valence-corrected chi connectivity index (χ1v) is 5.92. The molecule has 0 unspecified atom stereocenters. The predicted molar refractivity (Wildman–Crippen MR) is 68.8 cm³/mol. The number of nitrogens with one attached hydrogen (secondary N) is 1. The number of hydrogen-bond acceptors (Lipinski definition) is 5. The van der Waals surface area contributed by atoms with E-state index in [4.69, 9.17) is 4.74 Å². The van der Waals surface area contributed by atoms with Crippen LogP contribution in [0, 0.1) is 6.92 Å². The van der Waals surface area contributed by atoms with Gasteiger partial charge in [-0.25, -0.2) is 9.97 Å². The molecule has 0 bridgehead atoms. The maximum Gasteiger partial charge on any atom is 0.227 e. The fourth-order valence-electron chi connectivity index (χ4n) is 1.52. The maximum atomic E-state index is 5.68. The number of ether oxygens (including phenoxy) is 1. The van der Waals surface area contributed by atoms with Gasteiger partial charge in [0.25, 0.3) is 0 Å². The molecule has 0 spiro atoms. The molecule has 2 heterocycles. The molecule has 2 aromatic heterocycles. The highest BCUT2D eigenvalue weighted by Gasteiger charge is 2.09. The van der Waals surface area contributed by atoms with Crippen molar-refractivity contribution in [2.75, 3.05) is 11.9 Å². The standard InChI is InChI=1S/C12H17N5O/c1-4-5-13-11-9(2)12(15-8-14-11)18-10-6-16-17(3)7-10/h6-8H,4-5H2,1-3H3,(H,13,14,15). The lowest BCUT2D eigenvalue weighted by atomic mass is 10.3. The number of hydrogen-bond donors (Lipinski definition) is 1. The second kappa shape index (κ2) is 5.48. The second-order valence-electron chi connectivity index (χ2n) is 4.03. The van der Waals surface area contributed by atoms with Crippen LogP contribution in [0.4, 0.5) is 5.82 Å². The van der Waals surface area contributed by atoms with E-state index >= 15 is 0 Å². The van der Waals surface area contributed by atoms with Gasteiger partial charge in [0.1, 0.15) is 12.1 Å². The summed E-state index contributed by atoms with van der Waals surface area (Å²) in [5, 5.41) is 7.29. The van der Waals surface area contributed by atoms with Gasteiger partial charge in [0.2, 0.25) is 5.88 Å². The van der Waals surface area contributed by atoms with E-state index in [1.807, 2.05) is 14.0 Å². The Labute approximate surface area is 106 Å². The minimum absolute atomic E-state index is 0.552. The molecule has 0 aliphatic heterocycles.